The minimum absolute atomic E-state index is 0.410. The van der Waals surface area contributed by atoms with E-state index in [1.807, 2.05) is 17.1 Å². The Morgan fingerprint density at radius 3 is 2.53 bits per heavy atom. The van der Waals surface area contributed by atoms with Gasteiger partial charge in [-0.05, 0) is 50.3 Å². The SMILES string of the molecule is CC(NC(C)C1CC1)c1ccc(-n2ccnc2)cc1. The molecular weight excluding hydrogens is 234 g/mol. The van der Waals surface area contributed by atoms with Crippen LogP contribution < -0.4 is 5.32 Å². The summed E-state index contributed by atoms with van der Waals surface area (Å²) in [6, 6.07) is 9.74. The third-order valence-corrected chi connectivity index (χ3v) is 4.04. The average molecular weight is 255 g/mol. The lowest BCUT2D eigenvalue weighted by Crippen LogP contribution is -2.30. The molecule has 3 nitrogen and oxygen atoms in total. The molecule has 2 aromatic rings. The first-order valence-electron chi connectivity index (χ1n) is 7.08. The minimum Gasteiger partial charge on any atom is -0.307 e. The molecule has 1 aliphatic carbocycles. The van der Waals surface area contributed by atoms with Gasteiger partial charge >= 0.3 is 0 Å². The Labute approximate surface area is 114 Å². The van der Waals surface area contributed by atoms with E-state index in [4.69, 9.17) is 0 Å². The molecule has 1 aromatic heterocycles. The number of nitrogens with zero attached hydrogens (tertiary/aromatic N) is 2. The van der Waals surface area contributed by atoms with Crippen molar-refractivity contribution in [1.82, 2.24) is 14.9 Å². The summed E-state index contributed by atoms with van der Waals surface area (Å²) >= 11 is 0. The third kappa shape index (κ3) is 2.87. The molecule has 1 heterocycles. The van der Waals surface area contributed by atoms with Crippen LogP contribution in [0.4, 0.5) is 0 Å². The maximum absolute atomic E-state index is 4.07. The Bertz CT molecular complexity index is 511. The predicted molar refractivity (Wildman–Crippen MR) is 77.3 cm³/mol. The fraction of sp³-hybridized carbons (Fsp3) is 0.438. The molecule has 0 aliphatic heterocycles. The van der Waals surface area contributed by atoms with Gasteiger partial charge in [-0.15, -0.1) is 0 Å². The standard InChI is InChI=1S/C16H21N3/c1-12(14-3-4-14)18-13(2)15-5-7-16(8-6-15)19-10-9-17-11-19/h5-14,18H,3-4H2,1-2H3. The van der Waals surface area contributed by atoms with Crippen molar-refractivity contribution in [1.29, 1.82) is 0 Å². The molecule has 0 spiro atoms. The Morgan fingerprint density at radius 1 is 1.21 bits per heavy atom. The van der Waals surface area contributed by atoms with Gasteiger partial charge in [0.05, 0.1) is 6.33 Å². The summed E-state index contributed by atoms with van der Waals surface area (Å²) < 4.78 is 2.02. The monoisotopic (exact) mass is 255 g/mol. The normalized spacial score (nSPS) is 18.2. The lowest BCUT2D eigenvalue weighted by Gasteiger charge is -2.20. The minimum atomic E-state index is 0.410. The average Bonchev–Trinajstić information content (AvgIpc) is 3.14. The van der Waals surface area contributed by atoms with Crippen LogP contribution in [0.25, 0.3) is 5.69 Å². The molecule has 3 heteroatoms. The molecule has 1 aromatic carbocycles. The van der Waals surface area contributed by atoms with Crippen LogP contribution in [0.1, 0.15) is 38.3 Å². The molecular formula is C16H21N3. The second-order valence-electron chi connectivity index (χ2n) is 5.58. The van der Waals surface area contributed by atoms with E-state index in [0.29, 0.717) is 12.1 Å². The van der Waals surface area contributed by atoms with Crippen LogP contribution in [0.3, 0.4) is 0 Å². The van der Waals surface area contributed by atoms with Gasteiger partial charge in [0, 0.05) is 30.2 Å². The largest absolute Gasteiger partial charge is 0.307 e. The molecule has 1 fully saturated rings. The zero-order valence-corrected chi connectivity index (χ0v) is 11.6. The molecule has 0 saturated heterocycles. The van der Waals surface area contributed by atoms with Crippen LogP contribution >= 0.6 is 0 Å². The first kappa shape index (κ1) is 12.4. The molecule has 0 amide bonds. The first-order valence-corrected chi connectivity index (χ1v) is 7.08. The molecule has 2 atom stereocenters. The van der Waals surface area contributed by atoms with Gasteiger partial charge in [-0.2, -0.15) is 0 Å². The van der Waals surface area contributed by atoms with Gasteiger partial charge in [-0.25, -0.2) is 4.98 Å². The summed E-state index contributed by atoms with van der Waals surface area (Å²) in [7, 11) is 0. The van der Waals surface area contributed by atoms with E-state index in [1.165, 1.54) is 18.4 Å². The maximum Gasteiger partial charge on any atom is 0.0991 e. The molecule has 0 bridgehead atoms. The van der Waals surface area contributed by atoms with Gasteiger partial charge in [0.15, 0.2) is 0 Å². The van der Waals surface area contributed by atoms with Crippen molar-refractivity contribution in [3.05, 3.63) is 48.5 Å². The van der Waals surface area contributed by atoms with Gasteiger partial charge in [0.25, 0.3) is 0 Å². The number of imidazole rings is 1. The number of aromatic nitrogens is 2. The summed E-state index contributed by atoms with van der Waals surface area (Å²) in [6.45, 7) is 4.54. The molecule has 3 rings (SSSR count). The van der Waals surface area contributed by atoms with Gasteiger partial charge < -0.3 is 9.88 Å². The van der Waals surface area contributed by atoms with Crippen molar-refractivity contribution in [3.63, 3.8) is 0 Å². The zero-order chi connectivity index (χ0) is 13.2. The van der Waals surface area contributed by atoms with E-state index in [0.717, 1.165) is 11.6 Å². The Morgan fingerprint density at radius 2 is 1.95 bits per heavy atom. The van der Waals surface area contributed by atoms with E-state index >= 15 is 0 Å². The van der Waals surface area contributed by atoms with Crippen LogP contribution in [0.15, 0.2) is 43.0 Å². The molecule has 19 heavy (non-hydrogen) atoms. The molecule has 1 saturated carbocycles. The fourth-order valence-corrected chi connectivity index (χ4v) is 2.57. The molecule has 100 valence electrons. The van der Waals surface area contributed by atoms with Crippen molar-refractivity contribution in [2.24, 2.45) is 5.92 Å². The smallest absolute Gasteiger partial charge is 0.0991 e. The van der Waals surface area contributed by atoms with E-state index in [2.05, 4.69) is 48.4 Å². The first-order chi connectivity index (χ1) is 9.24. The van der Waals surface area contributed by atoms with Crippen molar-refractivity contribution in [2.75, 3.05) is 0 Å². The second kappa shape index (κ2) is 5.17. The summed E-state index contributed by atoms with van der Waals surface area (Å²) in [5.74, 6) is 0.896. The van der Waals surface area contributed by atoms with Crippen molar-refractivity contribution < 1.29 is 0 Å². The quantitative estimate of drug-likeness (QED) is 0.888. The molecule has 1 aliphatic rings. The van der Waals surface area contributed by atoms with Crippen molar-refractivity contribution in [3.8, 4) is 5.69 Å². The highest BCUT2D eigenvalue weighted by atomic mass is 15.0. The second-order valence-corrected chi connectivity index (χ2v) is 5.58. The lowest BCUT2D eigenvalue weighted by molar-refractivity contribution is 0.441. The van der Waals surface area contributed by atoms with Crippen LogP contribution in [0.2, 0.25) is 0 Å². The highest BCUT2D eigenvalue weighted by Crippen LogP contribution is 2.33. The van der Waals surface area contributed by atoms with Crippen LogP contribution in [0, 0.1) is 5.92 Å². The predicted octanol–water partition coefficient (Wildman–Crippen LogP) is 3.32. The highest BCUT2D eigenvalue weighted by Gasteiger charge is 2.28. The van der Waals surface area contributed by atoms with E-state index in [9.17, 15) is 0 Å². The zero-order valence-electron chi connectivity index (χ0n) is 11.6. The van der Waals surface area contributed by atoms with Crippen LogP contribution in [0.5, 0.6) is 0 Å². The Hall–Kier alpha value is -1.61. The van der Waals surface area contributed by atoms with E-state index in [1.54, 1.807) is 6.20 Å². The van der Waals surface area contributed by atoms with Gasteiger partial charge in [-0.1, -0.05) is 12.1 Å². The van der Waals surface area contributed by atoms with E-state index < -0.39 is 0 Å². The van der Waals surface area contributed by atoms with Crippen LogP contribution in [-0.2, 0) is 0 Å². The Balaban J connectivity index is 1.67. The van der Waals surface area contributed by atoms with Crippen molar-refractivity contribution >= 4 is 0 Å². The number of hydrogen-bond acceptors (Lipinski definition) is 2. The number of rotatable bonds is 5. The molecule has 0 radical (unpaired) electrons. The Kier molecular flexibility index (Phi) is 3.38. The number of hydrogen-bond donors (Lipinski definition) is 1. The number of nitrogens with one attached hydrogen (secondary N) is 1. The van der Waals surface area contributed by atoms with Crippen molar-refractivity contribution in [2.45, 2.75) is 38.8 Å². The third-order valence-electron chi connectivity index (χ3n) is 4.04. The topological polar surface area (TPSA) is 29.9 Å². The van der Waals surface area contributed by atoms with Gasteiger partial charge in [0.2, 0.25) is 0 Å². The van der Waals surface area contributed by atoms with E-state index in [-0.39, 0.29) is 0 Å². The van der Waals surface area contributed by atoms with Crippen LogP contribution in [-0.4, -0.2) is 15.6 Å². The number of benzene rings is 1. The molecule has 1 N–H and O–H groups in total. The maximum atomic E-state index is 4.07. The van der Waals surface area contributed by atoms with Gasteiger partial charge in [0.1, 0.15) is 0 Å². The molecule has 2 unspecified atom stereocenters. The summed E-state index contributed by atoms with van der Waals surface area (Å²) in [5, 5.41) is 3.69. The summed E-state index contributed by atoms with van der Waals surface area (Å²) in [5.41, 5.74) is 2.50. The summed E-state index contributed by atoms with van der Waals surface area (Å²) in [4.78, 5) is 4.07. The van der Waals surface area contributed by atoms with Gasteiger partial charge in [-0.3, -0.25) is 0 Å². The highest BCUT2D eigenvalue weighted by molar-refractivity contribution is 5.35. The summed E-state index contributed by atoms with van der Waals surface area (Å²) in [6.07, 6.45) is 8.37. The fourth-order valence-electron chi connectivity index (χ4n) is 2.57. The lowest BCUT2D eigenvalue weighted by atomic mass is 10.1.